The molecule has 0 saturated heterocycles. The summed E-state index contributed by atoms with van der Waals surface area (Å²) < 4.78 is 1.75. The summed E-state index contributed by atoms with van der Waals surface area (Å²) in [6.07, 6.45) is 10.6. The molecule has 0 saturated carbocycles. The first kappa shape index (κ1) is 12.3. The molecule has 0 bridgehead atoms. The van der Waals surface area contributed by atoms with Crippen LogP contribution in [0, 0.1) is 0 Å². The third-order valence-corrected chi connectivity index (χ3v) is 10.1. The molecule has 0 radical (unpaired) electrons. The average Bonchev–Trinajstić information content (AvgIpc) is 2.94. The minimum atomic E-state index is -2.03. The molecule has 0 spiro atoms. The van der Waals surface area contributed by atoms with Crippen molar-refractivity contribution in [3.63, 3.8) is 0 Å². The van der Waals surface area contributed by atoms with Crippen LogP contribution in [0.4, 0.5) is 0 Å². The van der Waals surface area contributed by atoms with E-state index in [9.17, 15) is 0 Å². The molecule has 0 amide bonds. The zero-order valence-electron chi connectivity index (χ0n) is 11.4. The van der Waals surface area contributed by atoms with E-state index in [0.29, 0.717) is 5.92 Å². The Balaban J connectivity index is 2.13. The molecular formula is C17H20Sn. The first-order chi connectivity index (χ1) is 8.57. The third kappa shape index (κ3) is 2.01. The first-order valence-corrected chi connectivity index (χ1v) is 16.7. The fraction of sp³-hybridized carbons (Fsp3) is 0.294. The number of allylic oxidation sites excluding steroid dienone is 5. The van der Waals surface area contributed by atoms with Crippen molar-refractivity contribution in [1.29, 1.82) is 0 Å². The number of hydrogen-bond acceptors (Lipinski definition) is 0. The molecule has 2 aliphatic rings. The standard InChI is InChI=1S/C14H11.3CH3.Sn/c1-2-6-11(5-1)14-10-9-12-7-3-4-8-13(12)14;;;;/h1,3-9,14H,2H2;3*1H3;. The topological polar surface area (TPSA) is 0 Å². The maximum absolute atomic E-state index is 2.53. The summed E-state index contributed by atoms with van der Waals surface area (Å²) in [6.45, 7) is 0. The van der Waals surface area contributed by atoms with Crippen LogP contribution in [0.5, 0.6) is 0 Å². The van der Waals surface area contributed by atoms with Gasteiger partial charge in [0.05, 0.1) is 0 Å². The number of benzene rings is 1. The van der Waals surface area contributed by atoms with Gasteiger partial charge in [-0.3, -0.25) is 0 Å². The predicted octanol–water partition coefficient (Wildman–Crippen LogP) is 4.93. The van der Waals surface area contributed by atoms with Crippen molar-refractivity contribution in [3.05, 3.63) is 62.8 Å². The Labute approximate surface area is 114 Å². The van der Waals surface area contributed by atoms with Gasteiger partial charge in [0.2, 0.25) is 0 Å². The van der Waals surface area contributed by atoms with Gasteiger partial charge in [0.15, 0.2) is 0 Å². The van der Waals surface area contributed by atoms with Gasteiger partial charge < -0.3 is 0 Å². The van der Waals surface area contributed by atoms with Gasteiger partial charge in [0.25, 0.3) is 0 Å². The first-order valence-electron chi connectivity index (χ1n) is 6.75. The van der Waals surface area contributed by atoms with E-state index >= 15 is 0 Å². The molecule has 0 nitrogen and oxygen atoms in total. The third-order valence-electron chi connectivity index (χ3n) is 3.93. The van der Waals surface area contributed by atoms with Gasteiger partial charge in [-0.2, -0.15) is 0 Å². The Hall–Kier alpha value is -0.761. The number of hydrogen-bond donors (Lipinski definition) is 0. The second kappa shape index (κ2) is 4.41. The zero-order valence-corrected chi connectivity index (χ0v) is 14.3. The van der Waals surface area contributed by atoms with Gasteiger partial charge in [0, 0.05) is 0 Å². The molecule has 1 aromatic carbocycles. The van der Waals surface area contributed by atoms with Crippen LogP contribution in [0.15, 0.2) is 51.7 Å². The summed E-state index contributed by atoms with van der Waals surface area (Å²) in [5.74, 6) is 0.566. The number of rotatable bonds is 2. The van der Waals surface area contributed by atoms with Crippen molar-refractivity contribution in [1.82, 2.24) is 0 Å². The Morgan fingerprint density at radius 2 is 1.89 bits per heavy atom. The molecule has 0 heterocycles. The molecule has 1 atom stereocenters. The van der Waals surface area contributed by atoms with E-state index in [1.54, 1.807) is 3.59 Å². The number of fused-ring (bicyclic) bond motifs is 1. The maximum atomic E-state index is 2.53. The van der Waals surface area contributed by atoms with Crippen molar-refractivity contribution >= 4 is 24.5 Å². The van der Waals surface area contributed by atoms with Gasteiger partial charge in [-0.25, -0.2) is 0 Å². The van der Waals surface area contributed by atoms with Gasteiger partial charge in [0.1, 0.15) is 0 Å². The molecule has 1 aromatic rings. The summed E-state index contributed by atoms with van der Waals surface area (Å²) in [7, 11) is 0. The van der Waals surface area contributed by atoms with E-state index in [1.165, 1.54) is 16.7 Å². The Kier molecular flexibility index (Phi) is 3.01. The summed E-state index contributed by atoms with van der Waals surface area (Å²) in [5.41, 5.74) is 4.50. The van der Waals surface area contributed by atoms with Crippen molar-refractivity contribution < 1.29 is 0 Å². The van der Waals surface area contributed by atoms with Crippen LogP contribution in [-0.4, -0.2) is 18.4 Å². The zero-order chi connectivity index (χ0) is 12.8. The van der Waals surface area contributed by atoms with E-state index in [4.69, 9.17) is 0 Å². The molecule has 2 aliphatic carbocycles. The summed E-state index contributed by atoms with van der Waals surface area (Å²) in [6, 6.07) is 8.92. The van der Waals surface area contributed by atoms with E-state index in [-0.39, 0.29) is 0 Å². The fourth-order valence-electron chi connectivity index (χ4n) is 3.02. The summed E-state index contributed by atoms with van der Waals surface area (Å²) in [4.78, 5) is 7.58. The Morgan fingerprint density at radius 3 is 2.56 bits per heavy atom. The minimum absolute atomic E-state index is 0.566. The molecule has 3 rings (SSSR count). The normalized spacial score (nSPS) is 21.8. The summed E-state index contributed by atoms with van der Waals surface area (Å²) in [5, 5.41) is 0. The van der Waals surface area contributed by atoms with E-state index < -0.39 is 18.4 Å². The molecule has 18 heavy (non-hydrogen) atoms. The van der Waals surface area contributed by atoms with Crippen molar-refractivity contribution in [2.45, 2.75) is 27.2 Å². The van der Waals surface area contributed by atoms with Gasteiger partial charge >= 0.3 is 114 Å². The molecule has 0 aliphatic heterocycles. The molecule has 1 heteroatoms. The van der Waals surface area contributed by atoms with Crippen molar-refractivity contribution in [2.75, 3.05) is 0 Å². The predicted molar refractivity (Wildman–Crippen MR) is 82.3 cm³/mol. The average molecular weight is 343 g/mol. The Bertz CT molecular complexity index is 568. The van der Waals surface area contributed by atoms with Crippen LogP contribution in [0.25, 0.3) is 6.08 Å². The molecule has 1 unspecified atom stereocenters. The van der Waals surface area contributed by atoms with Crippen molar-refractivity contribution in [3.8, 4) is 0 Å². The fourth-order valence-corrected chi connectivity index (χ4v) is 8.09. The van der Waals surface area contributed by atoms with Crippen LogP contribution in [0.3, 0.4) is 0 Å². The monoisotopic (exact) mass is 344 g/mol. The molecular weight excluding hydrogens is 323 g/mol. The molecule has 0 fully saturated rings. The SMILES string of the molecule is [CH3][Sn]([CH3])([CH3])[C]1=Cc2ccccc2C1C1=CCC=C1. The van der Waals surface area contributed by atoms with E-state index in [0.717, 1.165) is 6.42 Å². The Morgan fingerprint density at radius 1 is 1.11 bits per heavy atom. The van der Waals surface area contributed by atoms with Gasteiger partial charge in [-0.05, 0) is 0 Å². The molecule has 0 N–H and O–H groups in total. The van der Waals surface area contributed by atoms with Gasteiger partial charge in [-0.15, -0.1) is 0 Å². The second-order valence-corrected chi connectivity index (χ2v) is 20.7. The quantitative estimate of drug-likeness (QED) is 0.668. The van der Waals surface area contributed by atoms with Crippen LogP contribution < -0.4 is 0 Å². The second-order valence-electron chi connectivity index (χ2n) is 6.25. The molecule has 0 aromatic heterocycles. The van der Waals surface area contributed by atoms with Crippen LogP contribution in [0.2, 0.25) is 14.8 Å². The van der Waals surface area contributed by atoms with Crippen LogP contribution in [-0.2, 0) is 0 Å². The molecule has 92 valence electrons. The summed E-state index contributed by atoms with van der Waals surface area (Å²) >= 11 is -2.03. The van der Waals surface area contributed by atoms with E-state index in [2.05, 4.69) is 63.4 Å². The van der Waals surface area contributed by atoms with Crippen LogP contribution >= 0.6 is 0 Å². The van der Waals surface area contributed by atoms with Gasteiger partial charge in [-0.1, -0.05) is 0 Å². The van der Waals surface area contributed by atoms with Crippen molar-refractivity contribution in [2.24, 2.45) is 0 Å². The van der Waals surface area contributed by atoms with Crippen LogP contribution in [0.1, 0.15) is 23.5 Å². The van der Waals surface area contributed by atoms with E-state index in [1.807, 2.05) is 0 Å².